The molecule has 83 heavy (non-hydrogen) atoms. The van der Waals surface area contributed by atoms with Crippen molar-refractivity contribution >= 4 is 158 Å². The van der Waals surface area contributed by atoms with Crippen molar-refractivity contribution in [1.29, 1.82) is 0 Å². The van der Waals surface area contributed by atoms with Crippen LogP contribution in [0.1, 0.15) is 79.0 Å². The number of para-hydroxylation sites is 4. The van der Waals surface area contributed by atoms with E-state index in [0.29, 0.717) is 0 Å². The van der Waals surface area contributed by atoms with Crippen LogP contribution in [0.15, 0.2) is 194 Å². The monoisotopic (exact) mass is 1070 g/mol. The van der Waals surface area contributed by atoms with E-state index in [2.05, 4.69) is 279 Å². The van der Waals surface area contributed by atoms with Gasteiger partial charge in [0.05, 0.1) is 71.7 Å². The summed E-state index contributed by atoms with van der Waals surface area (Å²) < 4.78 is 12.8. The Morgan fingerprint density at radius 3 is 0.928 bits per heavy atom. The SMILES string of the molecule is CC(C)(C)c1ccc2c(c1)c1cc(C(C)(C)C)cc3c4cc5c6cc(C(C)(C)C)cc7c8cc9c(cc8n(c5cc4n2c13)c76)c1cc(-n2c3ccccc3c3ccccc32)cc2c3cc(-n4c5ccccc5c5ccccc54)ccc3n9c21. The number of hydrogen-bond donors (Lipinski definition) is 0. The lowest BCUT2D eigenvalue weighted by Gasteiger charge is -2.20. The van der Waals surface area contributed by atoms with Gasteiger partial charge in [0, 0.05) is 97.6 Å². The Labute approximate surface area is 478 Å². The molecule has 0 aliphatic heterocycles. The zero-order chi connectivity index (χ0) is 55.6. The minimum absolute atomic E-state index is 0.0247. The van der Waals surface area contributed by atoms with Gasteiger partial charge < -0.3 is 22.3 Å². The van der Waals surface area contributed by atoms with Crippen LogP contribution in [0, 0.1) is 0 Å². The van der Waals surface area contributed by atoms with Gasteiger partial charge in [-0.1, -0.05) is 141 Å². The van der Waals surface area contributed by atoms with Crippen molar-refractivity contribution < 1.29 is 0 Å². The molecule has 0 saturated heterocycles. The molecule has 0 spiro atoms. The van der Waals surface area contributed by atoms with E-state index >= 15 is 0 Å². The first-order valence-electron chi connectivity index (χ1n) is 29.7. The van der Waals surface area contributed by atoms with Gasteiger partial charge >= 0.3 is 0 Å². The van der Waals surface area contributed by atoms with Crippen LogP contribution in [0.2, 0.25) is 0 Å². The minimum atomic E-state index is -0.0813. The summed E-state index contributed by atoms with van der Waals surface area (Å²) >= 11 is 0. The van der Waals surface area contributed by atoms with Crippen molar-refractivity contribution in [2.75, 3.05) is 0 Å². The van der Waals surface area contributed by atoms with Gasteiger partial charge in [-0.05, 0) is 148 Å². The van der Waals surface area contributed by atoms with Gasteiger partial charge in [-0.25, -0.2) is 0 Å². The summed E-state index contributed by atoms with van der Waals surface area (Å²) in [6, 6.07) is 75.3. The van der Waals surface area contributed by atoms with Crippen molar-refractivity contribution in [3.8, 4) is 11.4 Å². The number of aromatic nitrogens is 5. The Balaban J connectivity index is 0.964. The standard InChI is InChI=1S/C78H59N5/c1-76(2,3)42-26-28-67-51(30-42)57-31-43(77(4,5)6)32-58-53-38-54-59-33-44(78(7,8)9)34-60-55-39-69-56(40-70(55)83(74(59)60)72(54)41-71(53)82(67)73(57)58)62-37-46(80-65-24-16-12-20-49(65)50-21-13-17-25-66(50)80)36-61-52-35-45(27-29-68(52)81(69)75(61)62)79-63-22-14-10-18-47(63)48-19-11-15-23-64(48)79/h10-41H,1-9H3. The summed E-state index contributed by atoms with van der Waals surface area (Å²) in [5, 5.41) is 20.6. The van der Waals surface area contributed by atoms with Crippen LogP contribution in [0.3, 0.4) is 0 Å². The van der Waals surface area contributed by atoms with E-state index in [9.17, 15) is 0 Å². The molecule has 0 saturated carbocycles. The highest BCUT2D eigenvalue weighted by Crippen LogP contribution is 2.50. The Morgan fingerprint density at radius 2 is 0.506 bits per heavy atom. The van der Waals surface area contributed by atoms with E-state index in [4.69, 9.17) is 0 Å². The molecule has 396 valence electrons. The highest BCUT2D eigenvalue weighted by Gasteiger charge is 2.30. The van der Waals surface area contributed by atoms with Crippen molar-refractivity contribution in [2.45, 2.75) is 78.6 Å². The average molecular weight is 1070 g/mol. The zero-order valence-corrected chi connectivity index (χ0v) is 48.2. The average Bonchev–Trinajstić information content (AvgIpc) is 1.55. The first-order chi connectivity index (χ1) is 40.1. The smallest absolute Gasteiger partial charge is 0.0622 e. The lowest BCUT2D eigenvalue weighted by molar-refractivity contribution is 0.590. The van der Waals surface area contributed by atoms with Crippen LogP contribution in [0.25, 0.3) is 169 Å². The van der Waals surface area contributed by atoms with E-state index in [1.807, 2.05) is 0 Å². The second-order valence-corrected chi connectivity index (χ2v) is 27.4. The molecule has 0 unspecified atom stereocenters. The van der Waals surface area contributed by atoms with E-state index in [-0.39, 0.29) is 16.2 Å². The van der Waals surface area contributed by atoms with Gasteiger partial charge in [0.25, 0.3) is 0 Å². The number of benzene rings is 11. The van der Waals surface area contributed by atoms with Crippen molar-refractivity contribution in [1.82, 2.24) is 22.3 Å². The van der Waals surface area contributed by atoms with E-state index in [1.165, 1.54) is 175 Å². The summed E-state index contributed by atoms with van der Waals surface area (Å²) in [4.78, 5) is 0. The Morgan fingerprint density at radius 1 is 0.205 bits per heavy atom. The zero-order valence-electron chi connectivity index (χ0n) is 48.2. The topological polar surface area (TPSA) is 23.1 Å². The van der Waals surface area contributed by atoms with Crippen molar-refractivity contribution in [3.63, 3.8) is 0 Å². The van der Waals surface area contributed by atoms with Gasteiger partial charge in [-0.2, -0.15) is 0 Å². The third-order valence-electron chi connectivity index (χ3n) is 19.7. The van der Waals surface area contributed by atoms with Gasteiger partial charge in [0.2, 0.25) is 0 Å². The Bertz CT molecular complexity index is 5990. The maximum atomic E-state index is 2.64. The molecule has 0 radical (unpaired) electrons. The molecule has 19 aromatic rings. The van der Waals surface area contributed by atoms with Gasteiger partial charge in [0.15, 0.2) is 0 Å². The van der Waals surface area contributed by atoms with Crippen LogP contribution in [-0.4, -0.2) is 22.3 Å². The maximum Gasteiger partial charge on any atom is 0.0622 e. The van der Waals surface area contributed by atoms with Gasteiger partial charge in [-0.3, -0.25) is 0 Å². The number of nitrogens with zero attached hydrogens (tertiary/aromatic N) is 5. The van der Waals surface area contributed by atoms with Crippen LogP contribution < -0.4 is 0 Å². The van der Waals surface area contributed by atoms with Crippen LogP contribution in [0.5, 0.6) is 0 Å². The summed E-state index contributed by atoms with van der Waals surface area (Å²) in [6.07, 6.45) is 0. The Hall–Kier alpha value is -9.58. The van der Waals surface area contributed by atoms with E-state index in [1.54, 1.807) is 0 Å². The number of fused-ring (bicyclic) bond motifs is 24. The van der Waals surface area contributed by atoms with Crippen LogP contribution in [0.4, 0.5) is 0 Å². The molecule has 0 atom stereocenters. The third-order valence-corrected chi connectivity index (χ3v) is 19.7. The maximum absolute atomic E-state index is 2.64. The van der Waals surface area contributed by atoms with Crippen LogP contribution >= 0.6 is 0 Å². The highest BCUT2D eigenvalue weighted by atomic mass is 15.0. The lowest BCUT2D eigenvalue weighted by atomic mass is 9.84. The molecular weight excluding hydrogens is 1010 g/mol. The molecule has 8 heterocycles. The molecule has 19 rings (SSSR count). The number of rotatable bonds is 2. The summed E-state index contributed by atoms with van der Waals surface area (Å²) in [5.41, 5.74) is 22.5. The summed E-state index contributed by atoms with van der Waals surface area (Å²) in [6.45, 7) is 21.2. The predicted molar refractivity (Wildman–Crippen MR) is 355 cm³/mol. The van der Waals surface area contributed by atoms with E-state index in [0.717, 1.165) is 11.4 Å². The summed E-state index contributed by atoms with van der Waals surface area (Å²) in [7, 11) is 0. The fraction of sp³-hybridized carbons (Fsp3) is 0.154. The minimum Gasteiger partial charge on any atom is -0.309 e. The molecule has 0 bridgehead atoms. The first kappa shape index (κ1) is 46.1. The quantitative estimate of drug-likeness (QED) is 0.165. The highest BCUT2D eigenvalue weighted by molar-refractivity contribution is 6.32. The van der Waals surface area contributed by atoms with Crippen LogP contribution in [-0.2, 0) is 16.2 Å². The van der Waals surface area contributed by atoms with Crippen molar-refractivity contribution in [2.24, 2.45) is 0 Å². The van der Waals surface area contributed by atoms with E-state index < -0.39 is 0 Å². The van der Waals surface area contributed by atoms with Gasteiger partial charge in [-0.15, -0.1) is 0 Å². The molecular formula is C78H59N5. The lowest BCUT2D eigenvalue weighted by Crippen LogP contribution is -2.11. The van der Waals surface area contributed by atoms with Gasteiger partial charge in [0.1, 0.15) is 0 Å². The fourth-order valence-corrected chi connectivity index (χ4v) is 15.6. The molecule has 0 aliphatic carbocycles. The first-order valence-corrected chi connectivity index (χ1v) is 29.7. The molecule has 0 N–H and O–H groups in total. The fourth-order valence-electron chi connectivity index (χ4n) is 15.6. The number of hydrogen-bond acceptors (Lipinski definition) is 0. The second-order valence-electron chi connectivity index (χ2n) is 27.4. The predicted octanol–water partition coefficient (Wildman–Crippen LogP) is 21.2. The second kappa shape index (κ2) is 14.9. The molecule has 5 heteroatoms. The third kappa shape index (κ3) is 5.73. The Kier molecular flexibility index (Phi) is 8.27. The molecule has 0 aliphatic rings. The van der Waals surface area contributed by atoms with Crippen molar-refractivity contribution in [3.05, 3.63) is 211 Å². The molecule has 0 amide bonds. The molecule has 8 aromatic heterocycles. The molecule has 11 aromatic carbocycles. The summed E-state index contributed by atoms with van der Waals surface area (Å²) in [5.74, 6) is 0. The normalized spacial score (nSPS) is 13.6. The molecule has 0 fully saturated rings. The largest absolute Gasteiger partial charge is 0.309 e. The molecule has 5 nitrogen and oxygen atoms in total.